The largest absolute Gasteiger partial charge is 0.497 e. The van der Waals surface area contributed by atoms with Gasteiger partial charge < -0.3 is 18.8 Å². The van der Waals surface area contributed by atoms with Gasteiger partial charge in [-0.1, -0.05) is 12.1 Å². The zero-order valence-corrected chi connectivity index (χ0v) is 16.5. The highest BCUT2D eigenvalue weighted by Gasteiger charge is 2.15. The highest BCUT2D eigenvalue weighted by Crippen LogP contribution is 2.25. The van der Waals surface area contributed by atoms with E-state index in [1.165, 1.54) is 4.90 Å². The number of methoxy groups -OCH3 is 2. The van der Waals surface area contributed by atoms with Crippen LogP contribution >= 0.6 is 0 Å². The molecule has 0 aliphatic rings. The third-order valence-electron chi connectivity index (χ3n) is 5.00. The number of hydrogen-bond acceptors (Lipinski definition) is 4. The van der Waals surface area contributed by atoms with Crippen LogP contribution in [-0.4, -0.2) is 21.3 Å². The molecule has 5 heteroatoms. The van der Waals surface area contributed by atoms with E-state index in [1.807, 2.05) is 38.1 Å². The van der Waals surface area contributed by atoms with E-state index in [0.29, 0.717) is 12.1 Å². The van der Waals surface area contributed by atoms with Crippen molar-refractivity contribution in [1.29, 1.82) is 0 Å². The standard InChI is InChI=1S/C22H25NO4/c1-14-6-9-19-17(10-21(24)27-22(19)15(14)2)13-23(3)12-16-7-8-18(25-4)11-20(16)26-5/h6-11H,12-13H2,1-5H3/p+1. The SMILES string of the molecule is COc1ccc(C[NH+](C)Cc2cc(=O)oc3c(C)c(C)ccc23)c(OC)c1. The molecule has 0 spiro atoms. The summed E-state index contributed by atoms with van der Waals surface area (Å²) in [6.45, 7) is 5.48. The molecule has 3 rings (SSSR count). The van der Waals surface area contributed by atoms with Crippen LogP contribution in [0.4, 0.5) is 0 Å². The summed E-state index contributed by atoms with van der Waals surface area (Å²) >= 11 is 0. The van der Waals surface area contributed by atoms with Gasteiger partial charge in [-0.25, -0.2) is 4.79 Å². The molecule has 3 aromatic rings. The van der Waals surface area contributed by atoms with Gasteiger partial charge in [-0.2, -0.15) is 0 Å². The summed E-state index contributed by atoms with van der Waals surface area (Å²) in [5.41, 5.74) is 4.60. The van der Waals surface area contributed by atoms with E-state index < -0.39 is 0 Å². The van der Waals surface area contributed by atoms with Crippen LogP contribution in [0.15, 0.2) is 45.6 Å². The van der Waals surface area contributed by atoms with E-state index in [9.17, 15) is 4.79 Å². The third kappa shape index (κ3) is 3.98. The fourth-order valence-electron chi connectivity index (χ4n) is 3.38. The molecule has 1 unspecified atom stereocenters. The molecular weight excluding hydrogens is 342 g/mol. The topological polar surface area (TPSA) is 53.1 Å². The van der Waals surface area contributed by atoms with Gasteiger partial charge in [0.1, 0.15) is 30.2 Å². The van der Waals surface area contributed by atoms with Gasteiger partial charge in [-0.05, 0) is 37.1 Å². The predicted molar refractivity (Wildman–Crippen MR) is 106 cm³/mol. The smallest absolute Gasteiger partial charge is 0.336 e. The maximum atomic E-state index is 12.1. The van der Waals surface area contributed by atoms with E-state index in [2.05, 4.69) is 13.1 Å². The Balaban J connectivity index is 1.90. The molecule has 2 aromatic carbocycles. The molecule has 1 aromatic heterocycles. The lowest BCUT2D eigenvalue weighted by molar-refractivity contribution is -0.907. The van der Waals surface area contributed by atoms with Crippen LogP contribution in [0, 0.1) is 13.8 Å². The van der Waals surface area contributed by atoms with Gasteiger partial charge in [0, 0.05) is 28.6 Å². The molecule has 0 saturated heterocycles. The number of fused-ring (bicyclic) bond motifs is 1. The zero-order valence-electron chi connectivity index (χ0n) is 16.5. The average Bonchev–Trinajstić information content (AvgIpc) is 2.65. The summed E-state index contributed by atoms with van der Waals surface area (Å²) in [5.74, 6) is 1.57. The molecule has 0 bridgehead atoms. The zero-order chi connectivity index (χ0) is 19.6. The Morgan fingerprint density at radius 1 is 0.963 bits per heavy atom. The van der Waals surface area contributed by atoms with E-state index in [4.69, 9.17) is 13.9 Å². The molecular formula is C22H26NO4+. The Labute approximate surface area is 159 Å². The van der Waals surface area contributed by atoms with Gasteiger partial charge in [0.15, 0.2) is 0 Å². The predicted octanol–water partition coefficient (Wildman–Crippen LogP) is 2.64. The Morgan fingerprint density at radius 3 is 2.41 bits per heavy atom. The molecule has 142 valence electrons. The highest BCUT2D eigenvalue weighted by molar-refractivity contribution is 5.83. The van der Waals surface area contributed by atoms with E-state index >= 15 is 0 Å². The fraction of sp³-hybridized carbons (Fsp3) is 0.318. The van der Waals surface area contributed by atoms with Gasteiger partial charge in [0.2, 0.25) is 0 Å². The molecule has 1 atom stereocenters. The first-order valence-electron chi connectivity index (χ1n) is 8.98. The molecule has 1 N–H and O–H groups in total. The molecule has 0 aliphatic carbocycles. The molecule has 0 aliphatic heterocycles. The highest BCUT2D eigenvalue weighted by atomic mass is 16.5. The van der Waals surface area contributed by atoms with Crippen LogP contribution in [0.25, 0.3) is 11.0 Å². The summed E-state index contributed by atoms with van der Waals surface area (Å²) in [4.78, 5) is 13.3. The quantitative estimate of drug-likeness (QED) is 0.680. The minimum absolute atomic E-state index is 0.305. The number of nitrogens with one attached hydrogen (secondary N) is 1. The fourth-order valence-corrected chi connectivity index (χ4v) is 3.38. The molecule has 0 radical (unpaired) electrons. The Hall–Kier alpha value is -2.79. The lowest BCUT2D eigenvalue weighted by Crippen LogP contribution is -3.06. The van der Waals surface area contributed by atoms with Gasteiger partial charge in [-0.3, -0.25) is 0 Å². The van der Waals surface area contributed by atoms with Gasteiger partial charge in [0.05, 0.1) is 21.3 Å². The summed E-state index contributed by atoms with van der Waals surface area (Å²) < 4.78 is 16.2. The van der Waals surface area contributed by atoms with Crippen molar-refractivity contribution in [2.75, 3.05) is 21.3 Å². The number of ether oxygens (including phenoxy) is 2. The molecule has 5 nitrogen and oxygen atoms in total. The van der Waals surface area contributed by atoms with Crippen LogP contribution in [0.2, 0.25) is 0 Å². The minimum atomic E-state index is -0.305. The van der Waals surface area contributed by atoms with Crippen molar-refractivity contribution in [3.8, 4) is 11.5 Å². The molecule has 0 fully saturated rings. The summed E-state index contributed by atoms with van der Waals surface area (Å²) in [6, 6.07) is 11.6. The second-order valence-corrected chi connectivity index (χ2v) is 6.96. The monoisotopic (exact) mass is 368 g/mol. The lowest BCUT2D eigenvalue weighted by atomic mass is 10.0. The number of hydrogen-bond donors (Lipinski definition) is 1. The maximum Gasteiger partial charge on any atom is 0.336 e. The van der Waals surface area contributed by atoms with Crippen LogP contribution in [-0.2, 0) is 13.1 Å². The van der Waals surface area contributed by atoms with Crippen LogP contribution < -0.4 is 20.0 Å². The molecule has 0 saturated carbocycles. The van der Waals surface area contributed by atoms with Crippen molar-refractivity contribution in [2.45, 2.75) is 26.9 Å². The van der Waals surface area contributed by atoms with Crippen molar-refractivity contribution < 1.29 is 18.8 Å². The second-order valence-electron chi connectivity index (χ2n) is 6.96. The average molecular weight is 368 g/mol. The normalized spacial score (nSPS) is 12.2. The maximum absolute atomic E-state index is 12.1. The molecule has 27 heavy (non-hydrogen) atoms. The van der Waals surface area contributed by atoms with Gasteiger partial charge in [-0.15, -0.1) is 0 Å². The van der Waals surface area contributed by atoms with Crippen molar-refractivity contribution in [3.63, 3.8) is 0 Å². The number of benzene rings is 2. The van der Waals surface area contributed by atoms with Crippen molar-refractivity contribution in [2.24, 2.45) is 0 Å². The van der Waals surface area contributed by atoms with E-state index in [-0.39, 0.29) is 5.63 Å². The van der Waals surface area contributed by atoms with Crippen molar-refractivity contribution in [3.05, 3.63) is 69.1 Å². The lowest BCUT2D eigenvalue weighted by Gasteiger charge is -2.17. The summed E-state index contributed by atoms with van der Waals surface area (Å²) in [5, 5.41) is 0.999. The van der Waals surface area contributed by atoms with Crippen molar-refractivity contribution in [1.82, 2.24) is 0 Å². The van der Waals surface area contributed by atoms with E-state index in [0.717, 1.165) is 45.7 Å². The van der Waals surface area contributed by atoms with Gasteiger partial charge in [0.25, 0.3) is 0 Å². The first-order chi connectivity index (χ1) is 12.9. The summed E-state index contributed by atoms with van der Waals surface area (Å²) in [6.07, 6.45) is 0. The first-order valence-corrected chi connectivity index (χ1v) is 8.98. The van der Waals surface area contributed by atoms with Crippen LogP contribution in [0.3, 0.4) is 0 Å². The number of rotatable bonds is 6. The molecule has 1 heterocycles. The Kier molecular flexibility index (Phi) is 5.51. The number of aryl methyl sites for hydroxylation is 2. The van der Waals surface area contributed by atoms with Crippen molar-refractivity contribution >= 4 is 11.0 Å². The molecule has 0 amide bonds. The minimum Gasteiger partial charge on any atom is -0.497 e. The van der Waals surface area contributed by atoms with Gasteiger partial charge >= 0.3 is 5.63 Å². The Morgan fingerprint density at radius 2 is 1.70 bits per heavy atom. The van der Waals surface area contributed by atoms with Crippen LogP contribution in [0.5, 0.6) is 11.5 Å². The third-order valence-corrected chi connectivity index (χ3v) is 5.00. The Bertz CT molecular complexity index is 1020. The van der Waals surface area contributed by atoms with E-state index in [1.54, 1.807) is 20.3 Å². The van der Waals surface area contributed by atoms with Crippen LogP contribution in [0.1, 0.15) is 22.3 Å². The first kappa shape index (κ1) is 19.0. The second kappa shape index (κ2) is 7.84. The number of quaternary nitrogens is 1. The summed E-state index contributed by atoms with van der Waals surface area (Å²) in [7, 11) is 5.40.